The number of halogens is 1. The van der Waals surface area contributed by atoms with Crippen LogP contribution in [0.25, 0.3) is 0 Å². The van der Waals surface area contributed by atoms with Crippen molar-refractivity contribution in [3.63, 3.8) is 0 Å². The zero-order valence-electron chi connectivity index (χ0n) is 26.7. The Morgan fingerprint density at radius 1 is 1.02 bits per heavy atom. The van der Waals surface area contributed by atoms with E-state index in [2.05, 4.69) is 9.62 Å². The number of nitrogens with one attached hydrogen (secondary N) is 1. The number of sulfonamides is 1. The molecular weight excluding hydrogens is 638 g/mol. The van der Waals surface area contributed by atoms with Crippen LogP contribution in [0.2, 0.25) is 5.02 Å². The minimum Gasteiger partial charge on any atom is -0.488 e. The summed E-state index contributed by atoms with van der Waals surface area (Å²) in [4.78, 5) is 17.5. The van der Waals surface area contributed by atoms with Crippen molar-refractivity contribution in [3.05, 3.63) is 113 Å². The standard InChI is InChI=1S/C36H40ClN3O6S/c1-25-21-40(26(2)24-41)36(42)20-28-19-30(38-47(43,44)33-16-11-29(37)12-17-33)13-18-34(28)46-35(25)23-39(3)22-27-9-14-32(15-10-27)45-31-7-5-4-6-8-31/h4-19,25-26,35,38,41H,20-24H2,1-3H3/t25-,26-,35-/m1/s1. The van der Waals surface area contributed by atoms with E-state index >= 15 is 0 Å². The lowest BCUT2D eigenvalue weighted by Gasteiger charge is -2.34. The average Bonchev–Trinajstić information content (AvgIpc) is 3.09. The summed E-state index contributed by atoms with van der Waals surface area (Å²) in [6.45, 7) is 5.29. The summed E-state index contributed by atoms with van der Waals surface area (Å²) in [6, 6.07) is 28.1. The van der Waals surface area contributed by atoms with Gasteiger partial charge < -0.3 is 19.5 Å². The second-order valence-electron chi connectivity index (χ2n) is 12.0. The lowest BCUT2D eigenvalue weighted by molar-refractivity contribution is -0.134. The first-order valence-electron chi connectivity index (χ1n) is 15.5. The van der Waals surface area contributed by atoms with E-state index in [1.165, 1.54) is 24.3 Å². The summed E-state index contributed by atoms with van der Waals surface area (Å²) >= 11 is 5.94. The molecule has 1 heterocycles. The van der Waals surface area contributed by atoms with E-state index in [1.54, 1.807) is 23.1 Å². The van der Waals surface area contributed by atoms with E-state index in [0.717, 1.165) is 17.1 Å². The van der Waals surface area contributed by atoms with Crippen LogP contribution in [-0.4, -0.2) is 68.1 Å². The van der Waals surface area contributed by atoms with Gasteiger partial charge in [0.25, 0.3) is 10.0 Å². The van der Waals surface area contributed by atoms with E-state index < -0.39 is 16.1 Å². The van der Waals surface area contributed by atoms with Gasteiger partial charge >= 0.3 is 0 Å². The smallest absolute Gasteiger partial charge is 0.261 e. The third-order valence-electron chi connectivity index (χ3n) is 8.14. The summed E-state index contributed by atoms with van der Waals surface area (Å²) in [5, 5.41) is 10.4. The summed E-state index contributed by atoms with van der Waals surface area (Å²) in [5.74, 6) is 1.79. The van der Waals surface area contributed by atoms with Crippen LogP contribution in [0.15, 0.2) is 102 Å². The van der Waals surface area contributed by atoms with Gasteiger partial charge in [0.2, 0.25) is 5.91 Å². The molecular formula is C36H40ClN3O6S. The second kappa shape index (κ2) is 15.2. The second-order valence-corrected chi connectivity index (χ2v) is 14.1. The first-order chi connectivity index (χ1) is 22.5. The maximum atomic E-state index is 13.6. The molecule has 0 aliphatic carbocycles. The SMILES string of the molecule is C[C@@H]1CN([C@H](C)CO)C(=O)Cc2cc(NS(=O)(=O)c3ccc(Cl)cc3)ccc2O[C@@H]1CN(C)Cc1ccc(Oc2ccccc2)cc1. The van der Waals surface area contributed by atoms with Crippen molar-refractivity contribution in [2.24, 2.45) is 5.92 Å². The van der Waals surface area contributed by atoms with Gasteiger partial charge in [-0.15, -0.1) is 0 Å². The number of hydrogen-bond donors (Lipinski definition) is 2. The minimum absolute atomic E-state index is 0.0110. The van der Waals surface area contributed by atoms with E-state index in [1.807, 2.05) is 75.5 Å². The first kappa shape index (κ1) is 34.3. The Balaban J connectivity index is 1.34. The Labute approximate surface area is 281 Å². The Kier molecular flexibility index (Phi) is 11.1. The molecule has 2 N–H and O–H groups in total. The maximum absolute atomic E-state index is 13.6. The highest BCUT2D eigenvalue weighted by Gasteiger charge is 2.31. The van der Waals surface area contributed by atoms with Gasteiger partial charge in [0.05, 0.1) is 24.0 Å². The number of carbonyl (C=O) groups is 1. The fraction of sp³-hybridized carbons (Fsp3) is 0.306. The van der Waals surface area contributed by atoms with Crippen LogP contribution in [0.3, 0.4) is 0 Å². The molecule has 1 amide bonds. The molecule has 0 unspecified atom stereocenters. The molecule has 0 aromatic heterocycles. The topological polar surface area (TPSA) is 108 Å². The fourth-order valence-corrected chi connectivity index (χ4v) is 6.69. The number of likely N-dealkylation sites (N-methyl/N-ethyl adjacent to an activating group) is 1. The third kappa shape index (κ3) is 9.04. The van der Waals surface area contributed by atoms with E-state index in [0.29, 0.717) is 41.7 Å². The summed E-state index contributed by atoms with van der Waals surface area (Å²) < 4.78 is 41.3. The Morgan fingerprint density at radius 2 is 1.70 bits per heavy atom. The van der Waals surface area contributed by atoms with Gasteiger partial charge in [0.1, 0.15) is 23.4 Å². The molecule has 0 fully saturated rings. The zero-order valence-corrected chi connectivity index (χ0v) is 28.2. The number of carbonyl (C=O) groups excluding carboxylic acids is 1. The first-order valence-corrected chi connectivity index (χ1v) is 17.4. The van der Waals surface area contributed by atoms with Crippen molar-refractivity contribution in [1.29, 1.82) is 0 Å². The van der Waals surface area contributed by atoms with Crippen LogP contribution in [0, 0.1) is 5.92 Å². The predicted molar refractivity (Wildman–Crippen MR) is 184 cm³/mol. The summed E-state index contributed by atoms with van der Waals surface area (Å²) in [7, 11) is -1.88. The minimum atomic E-state index is -3.90. The number of anilines is 1. The van der Waals surface area contributed by atoms with Crippen molar-refractivity contribution < 1.29 is 27.8 Å². The van der Waals surface area contributed by atoms with Crippen LogP contribution in [0.1, 0.15) is 25.0 Å². The highest BCUT2D eigenvalue weighted by atomic mass is 35.5. The van der Waals surface area contributed by atoms with Crippen LogP contribution in [0.5, 0.6) is 17.2 Å². The molecule has 47 heavy (non-hydrogen) atoms. The van der Waals surface area contributed by atoms with Gasteiger partial charge in [0, 0.05) is 41.8 Å². The van der Waals surface area contributed by atoms with Crippen molar-refractivity contribution in [1.82, 2.24) is 9.80 Å². The van der Waals surface area contributed by atoms with Crippen molar-refractivity contribution in [2.45, 2.75) is 43.9 Å². The molecule has 4 aromatic rings. The van der Waals surface area contributed by atoms with Crippen LogP contribution in [-0.2, 0) is 27.8 Å². The van der Waals surface area contributed by atoms with Gasteiger partial charge in [-0.1, -0.05) is 48.9 Å². The van der Waals surface area contributed by atoms with Crippen LogP contribution < -0.4 is 14.2 Å². The molecule has 5 rings (SSSR count). The number of aliphatic hydroxyl groups is 1. The highest BCUT2D eigenvalue weighted by Crippen LogP contribution is 2.30. The number of ether oxygens (including phenoxy) is 2. The number of para-hydroxylation sites is 1. The van der Waals surface area contributed by atoms with Gasteiger partial charge in [-0.3, -0.25) is 14.4 Å². The molecule has 248 valence electrons. The average molecular weight is 678 g/mol. The van der Waals surface area contributed by atoms with Crippen LogP contribution >= 0.6 is 11.6 Å². The van der Waals surface area contributed by atoms with Crippen LogP contribution in [0.4, 0.5) is 5.69 Å². The lowest BCUT2D eigenvalue weighted by atomic mass is 10.0. The number of rotatable bonds is 11. The lowest BCUT2D eigenvalue weighted by Crippen LogP contribution is -2.47. The van der Waals surface area contributed by atoms with E-state index in [-0.39, 0.29) is 35.9 Å². The fourth-order valence-electron chi connectivity index (χ4n) is 5.51. The number of aliphatic hydroxyl groups excluding tert-OH is 1. The van der Waals surface area contributed by atoms with Crippen molar-refractivity contribution in [3.8, 4) is 17.2 Å². The van der Waals surface area contributed by atoms with Crippen molar-refractivity contribution in [2.75, 3.05) is 31.5 Å². The molecule has 4 aromatic carbocycles. The monoisotopic (exact) mass is 677 g/mol. The zero-order chi connectivity index (χ0) is 33.6. The highest BCUT2D eigenvalue weighted by molar-refractivity contribution is 7.92. The van der Waals surface area contributed by atoms with E-state index in [4.69, 9.17) is 21.1 Å². The number of nitrogens with zero attached hydrogens (tertiary/aromatic N) is 2. The number of fused-ring (bicyclic) bond motifs is 1. The molecule has 0 saturated carbocycles. The maximum Gasteiger partial charge on any atom is 0.261 e. The van der Waals surface area contributed by atoms with E-state index in [9.17, 15) is 18.3 Å². The van der Waals surface area contributed by atoms with Gasteiger partial charge in [-0.2, -0.15) is 0 Å². The normalized spacial score (nSPS) is 17.6. The molecule has 3 atom stereocenters. The van der Waals surface area contributed by atoms with Gasteiger partial charge in [-0.25, -0.2) is 8.42 Å². The quantitative estimate of drug-likeness (QED) is 0.194. The Bertz CT molecular complexity index is 1750. The molecule has 11 heteroatoms. The largest absolute Gasteiger partial charge is 0.488 e. The molecule has 0 spiro atoms. The molecule has 1 aliphatic rings. The number of hydrogen-bond acceptors (Lipinski definition) is 7. The Morgan fingerprint density at radius 3 is 2.38 bits per heavy atom. The number of amides is 1. The summed E-state index contributed by atoms with van der Waals surface area (Å²) in [6.07, 6.45) is -0.321. The van der Waals surface area contributed by atoms with Crippen molar-refractivity contribution >= 4 is 33.2 Å². The number of benzene rings is 4. The third-order valence-corrected chi connectivity index (χ3v) is 9.79. The molecule has 0 bridgehead atoms. The predicted octanol–water partition coefficient (Wildman–Crippen LogP) is 6.21. The molecule has 0 radical (unpaired) electrons. The summed E-state index contributed by atoms with van der Waals surface area (Å²) in [5.41, 5.74) is 1.96. The van der Waals surface area contributed by atoms with Gasteiger partial charge in [0.15, 0.2) is 0 Å². The Hall–Kier alpha value is -4.09. The molecule has 9 nitrogen and oxygen atoms in total. The van der Waals surface area contributed by atoms with Gasteiger partial charge in [-0.05, 0) is 86.3 Å². The molecule has 1 aliphatic heterocycles. The molecule has 0 saturated heterocycles.